The molecule has 0 radical (unpaired) electrons. The van der Waals surface area contributed by atoms with Crippen LogP contribution in [-0.4, -0.2) is 9.96 Å². The highest BCUT2D eigenvalue weighted by molar-refractivity contribution is 8.93. The molecule has 0 aromatic rings. The van der Waals surface area contributed by atoms with E-state index in [-0.39, 0.29) is 17.0 Å². The smallest absolute Gasteiger partial charge is 0.0494 e. The van der Waals surface area contributed by atoms with E-state index in [4.69, 9.17) is 0 Å². The fourth-order valence-electron chi connectivity index (χ4n) is 0.418. The number of halogens is 1. The van der Waals surface area contributed by atoms with Gasteiger partial charge in [0.25, 0.3) is 0 Å². The highest BCUT2D eigenvalue weighted by Gasteiger charge is 1.89. The van der Waals surface area contributed by atoms with Crippen LogP contribution >= 0.6 is 17.0 Å². The lowest BCUT2D eigenvalue weighted by Gasteiger charge is -1.90. The minimum atomic E-state index is -0.708. The molecule has 0 spiro atoms. The second kappa shape index (κ2) is 4.04. The van der Waals surface area contributed by atoms with E-state index in [2.05, 4.69) is 0 Å². The van der Waals surface area contributed by atoms with Crippen LogP contribution in [0.2, 0.25) is 0 Å². The highest BCUT2D eigenvalue weighted by Crippen LogP contribution is 1.93. The van der Waals surface area contributed by atoms with E-state index < -0.39 is 10.8 Å². The zero-order valence-electron chi connectivity index (χ0n) is 4.24. The summed E-state index contributed by atoms with van der Waals surface area (Å²) < 4.78 is 10.4. The van der Waals surface area contributed by atoms with Crippen LogP contribution in [0, 0.1) is 0 Å². The Morgan fingerprint density at radius 1 is 1.38 bits per heavy atom. The van der Waals surface area contributed by atoms with Crippen LogP contribution in [-0.2, 0) is 10.8 Å². The maximum Gasteiger partial charge on any atom is 0.0494 e. The molecule has 1 heterocycles. The lowest BCUT2D eigenvalue weighted by Crippen LogP contribution is -1.90. The van der Waals surface area contributed by atoms with Crippen molar-refractivity contribution in [3.05, 3.63) is 23.6 Å². The molecule has 0 saturated carbocycles. The second-order valence-corrected chi connectivity index (χ2v) is 2.67. The summed E-state index contributed by atoms with van der Waals surface area (Å²) >= 11 is 0. The zero-order valence-corrected chi connectivity index (χ0v) is 6.77. The molecule has 46 valence electrons. The van der Waals surface area contributed by atoms with Crippen molar-refractivity contribution < 1.29 is 4.21 Å². The third kappa shape index (κ3) is 2.43. The van der Waals surface area contributed by atoms with Crippen molar-refractivity contribution in [1.29, 1.82) is 0 Å². The Morgan fingerprint density at radius 2 is 2.12 bits per heavy atom. The molecule has 1 aliphatic heterocycles. The van der Waals surface area contributed by atoms with Crippen molar-refractivity contribution >= 4 is 27.8 Å². The molecule has 1 atom stereocenters. The summed E-state index contributed by atoms with van der Waals surface area (Å²) in [5.74, 6) is 0.691. The van der Waals surface area contributed by atoms with Crippen LogP contribution in [0.1, 0.15) is 0 Å². The van der Waals surface area contributed by atoms with Crippen LogP contribution < -0.4 is 0 Å². The first-order valence-electron chi connectivity index (χ1n) is 2.10. The number of hydrogen-bond donors (Lipinski definition) is 0. The molecule has 0 aromatic heterocycles. The summed E-state index contributed by atoms with van der Waals surface area (Å²) in [4.78, 5) is 0. The second-order valence-electron chi connectivity index (χ2n) is 1.30. The molecular formula is C5H7BrOS. The summed E-state index contributed by atoms with van der Waals surface area (Å²) in [6, 6.07) is 0. The Bertz CT molecular complexity index is 139. The van der Waals surface area contributed by atoms with Crippen molar-refractivity contribution in [2.75, 3.05) is 5.75 Å². The van der Waals surface area contributed by atoms with Gasteiger partial charge in [-0.25, -0.2) is 0 Å². The van der Waals surface area contributed by atoms with E-state index >= 15 is 0 Å². The molecule has 1 nitrogen and oxygen atoms in total. The van der Waals surface area contributed by atoms with Crippen molar-refractivity contribution in [2.24, 2.45) is 0 Å². The molecule has 0 N–H and O–H groups in total. The van der Waals surface area contributed by atoms with Gasteiger partial charge in [0.1, 0.15) is 0 Å². The number of allylic oxidation sites excluding steroid dienone is 2. The van der Waals surface area contributed by atoms with Crippen molar-refractivity contribution in [2.45, 2.75) is 0 Å². The van der Waals surface area contributed by atoms with E-state index in [0.717, 1.165) is 0 Å². The third-order valence-corrected chi connectivity index (χ3v) is 1.72. The molecule has 1 unspecified atom stereocenters. The molecule has 0 amide bonds. The van der Waals surface area contributed by atoms with Gasteiger partial charge in [-0.1, -0.05) is 18.2 Å². The lowest BCUT2D eigenvalue weighted by atomic mass is 10.5. The Labute approximate surface area is 61.7 Å². The largest absolute Gasteiger partial charge is 0.255 e. The van der Waals surface area contributed by atoms with Gasteiger partial charge < -0.3 is 0 Å². The van der Waals surface area contributed by atoms with Gasteiger partial charge in [-0.2, -0.15) is 0 Å². The predicted molar refractivity (Wildman–Crippen MR) is 41.6 cm³/mol. The Morgan fingerprint density at radius 3 is 2.38 bits per heavy atom. The van der Waals surface area contributed by atoms with E-state index in [1.165, 1.54) is 0 Å². The van der Waals surface area contributed by atoms with Crippen LogP contribution in [0.25, 0.3) is 0 Å². The molecule has 0 bridgehead atoms. The summed E-state index contributed by atoms with van der Waals surface area (Å²) in [5, 5.41) is 1.69. The van der Waals surface area contributed by atoms with Gasteiger partial charge in [-0.15, -0.1) is 17.0 Å². The minimum absolute atomic E-state index is 0. The molecule has 0 aromatic carbocycles. The monoisotopic (exact) mass is 194 g/mol. The highest BCUT2D eigenvalue weighted by atomic mass is 79.9. The number of rotatable bonds is 0. The molecule has 0 fully saturated rings. The summed E-state index contributed by atoms with van der Waals surface area (Å²) in [6.07, 6.45) is 5.61. The third-order valence-electron chi connectivity index (χ3n) is 0.738. The average Bonchev–Trinajstić information content (AvgIpc) is 1.69. The lowest BCUT2D eigenvalue weighted by molar-refractivity contribution is 0.690. The first kappa shape index (κ1) is 8.11. The van der Waals surface area contributed by atoms with Gasteiger partial charge in [0.15, 0.2) is 0 Å². The van der Waals surface area contributed by atoms with E-state index in [9.17, 15) is 4.21 Å². The van der Waals surface area contributed by atoms with Crippen molar-refractivity contribution in [3.63, 3.8) is 0 Å². The van der Waals surface area contributed by atoms with Crippen LogP contribution in [0.5, 0.6) is 0 Å². The number of hydrogen-bond acceptors (Lipinski definition) is 1. The van der Waals surface area contributed by atoms with Gasteiger partial charge in [-0.3, -0.25) is 4.21 Å². The normalized spacial score (nSPS) is 24.8. The molecule has 3 heteroatoms. The van der Waals surface area contributed by atoms with Gasteiger partial charge in [0, 0.05) is 22.0 Å². The molecule has 0 saturated heterocycles. The maximum atomic E-state index is 10.4. The standard InChI is InChI=1S/C5H6OS.BrH/c6-7-4-2-1-3-5-7;/h1-4H,5H2;1H. The molecule has 1 rings (SSSR count). The van der Waals surface area contributed by atoms with Crippen molar-refractivity contribution in [1.82, 2.24) is 0 Å². The van der Waals surface area contributed by atoms with Crippen LogP contribution in [0.3, 0.4) is 0 Å². The first-order valence-corrected chi connectivity index (χ1v) is 3.48. The Balaban J connectivity index is 0.000000490. The van der Waals surface area contributed by atoms with Crippen LogP contribution in [0.4, 0.5) is 0 Å². The summed E-state index contributed by atoms with van der Waals surface area (Å²) in [5.41, 5.74) is 0. The van der Waals surface area contributed by atoms with Gasteiger partial charge in [-0.05, 0) is 0 Å². The Hall–Kier alpha value is 0.110. The average molecular weight is 195 g/mol. The summed E-state index contributed by atoms with van der Waals surface area (Å²) in [7, 11) is -0.708. The zero-order chi connectivity index (χ0) is 5.11. The Kier molecular flexibility index (Phi) is 4.09. The predicted octanol–water partition coefficient (Wildman–Crippen LogP) is 1.40. The maximum absolute atomic E-state index is 10.4. The molecule has 8 heavy (non-hydrogen) atoms. The quantitative estimate of drug-likeness (QED) is 0.570. The first-order chi connectivity index (χ1) is 3.39. The SMILES string of the molecule is Br.O=S1C=CC=CC1. The van der Waals surface area contributed by atoms with Gasteiger partial charge in [0.05, 0.1) is 0 Å². The van der Waals surface area contributed by atoms with Gasteiger partial charge in [0.2, 0.25) is 0 Å². The van der Waals surface area contributed by atoms with Crippen molar-refractivity contribution in [3.8, 4) is 0 Å². The molecular weight excluding hydrogens is 188 g/mol. The fraction of sp³-hybridized carbons (Fsp3) is 0.200. The van der Waals surface area contributed by atoms with Crippen LogP contribution in [0.15, 0.2) is 23.6 Å². The van der Waals surface area contributed by atoms with E-state index in [1.807, 2.05) is 12.2 Å². The topological polar surface area (TPSA) is 17.1 Å². The van der Waals surface area contributed by atoms with E-state index in [0.29, 0.717) is 5.75 Å². The van der Waals surface area contributed by atoms with E-state index in [1.54, 1.807) is 11.5 Å². The summed E-state index contributed by atoms with van der Waals surface area (Å²) in [6.45, 7) is 0. The minimum Gasteiger partial charge on any atom is -0.255 e. The van der Waals surface area contributed by atoms with Gasteiger partial charge >= 0.3 is 0 Å². The molecule has 1 aliphatic rings. The molecule has 0 aliphatic carbocycles. The fourth-order valence-corrected chi connectivity index (χ4v) is 1.10.